The van der Waals surface area contributed by atoms with E-state index in [2.05, 4.69) is 34.1 Å². The fourth-order valence-corrected chi connectivity index (χ4v) is 2.98. The predicted octanol–water partition coefficient (Wildman–Crippen LogP) is 1.68. The number of aryl methyl sites for hydroxylation is 1. The molecule has 1 unspecified atom stereocenters. The Morgan fingerprint density at radius 3 is 3.24 bits per heavy atom. The molecule has 1 atom stereocenters. The van der Waals surface area contributed by atoms with Gasteiger partial charge in [0.15, 0.2) is 0 Å². The Balaban J connectivity index is 1.48. The number of rotatable bonds is 4. The predicted molar refractivity (Wildman–Crippen MR) is 82.7 cm³/mol. The number of ether oxygens (including phenoxy) is 1. The fraction of sp³-hybridized carbons (Fsp3) is 0.562. The molecule has 3 rings (SSSR count). The van der Waals surface area contributed by atoms with Crippen molar-refractivity contribution in [3.05, 3.63) is 29.3 Å². The van der Waals surface area contributed by atoms with Gasteiger partial charge in [0.05, 0.1) is 12.6 Å². The average molecular weight is 289 g/mol. The van der Waals surface area contributed by atoms with E-state index in [4.69, 9.17) is 4.74 Å². The molecule has 2 aliphatic heterocycles. The third-order valence-corrected chi connectivity index (χ3v) is 4.11. The number of benzene rings is 1. The van der Waals surface area contributed by atoms with Crippen molar-refractivity contribution < 1.29 is 9.53 Å². The van der Waals surface area contributed by atoms with Crippen molar-refractivity contribution >= 4 is 11.7 Å². The molecule has 1 aromatic rings. The molecule has 1 fully saturated rings. The van der Waals surface area contributed by atoms with E-state index >= 15 is 0 Å². The van der Waals surface area contributed by atoms with Crippen LogP contribution in [0, 0.1) is 0 Å². The number of carbonyl (C=O) groups is 1. The van der Waals surface area contributed by atoms with Crippen LogP contribution in [0.5, 0.6) is 0 Å². The van der Waals surface area contributed by atoms with Gasteiger partial charge in [0.1, 0.15) is 0 Å². The Hall–Kier alpha value is -1.75. The third-order valence-electron chi connectivity index (χ3n) is 4.11. The number of urea groups is 1. The Kier molecular flexibility index (Phi) is 4.60. The smallest absolute Gasteiger partial charge is 0.315 e. The van der Waals surface area contributed by atoms with E-state index < -0.39 is 0 Å². The van der Waals surface area contributed by atoms with Gasteiger partial charge in [-0.25, -0.2) is 4.79 Å². The number of fused-ring (bicyclic) bond motifs is 1. The van der Waals surface area contributed by atoms with Gasteiger partial charge in [-0.15, -0.1) is 0 Å². The van der Waals surface area contributed by atoms with Crippen LogP contribution in [0.25, 0.3) is 0 Å². The van der Waals surface area contributed by atoms with Crippen molar-refractivity contribution in [2.24, 2.45) is 0 Å². The van der Waals surface area contributed by atoms with Crippen LogP contribution in [-0.2, 0) is 17.6 Å². The minimum Gasteiger partial charge on any atom is -0.385 e. The number of nitrogens with one attached hydrogen (secondary N) is 3. The van der Waals surface area contributed by atoms with Gasteiger partial charge in [-0.05, 0) is 36.8 Å². The van der Waals surface area contributed by atoms with Crippen LogP contribution < -0.4 is 16.0 Å². The van der Waals surface area contributed by atoms with E-state index in [0.29, 0.717) is 13.2 Å². The lowest BCUT2D eigenvalue weighted by Crippen LogP contribution is -2.43. The van der Waals surface area contributed by atoms with Crippen molar-refractivity contribution in [3.63, 3.8) is 0 Å². The highest BCUT2D eigenvalue weighted by Crippen LogP contribution is 2.26. The van der Waals surface area contributed by atoms with Crippen molar-refractivity contribution in [2.75, 3.05) is 31.6 Å². The van der Waals surface area contributed by atoms with E-state index in [1.165, 1.54) is 23.2 Å². The summed E-state index contributed by atoms with van der Waals surface area (Å²) in [6.45, 7) is 3.06. The highest BCUT2D eigenvalue weighted by atomic mass is 16.5. The zero-order chi connectivity index (χ0) is 14.5. The lowest BCUT2D eigenvalue weighted by atomic mass is 9.98. The lowest BCUT2D eigenvalue weighted by Gasteiger charge is -2.21. The van der Waals surface area contributed by atoms with Crippen LogP contribution in [0.15, 0.2) is 18.2 Å². The number of anilines is 1. The fourth-order valence-electron chi connectivity index (χ4n) is 2.98. The molecule has 5 nitrogen and oxygen atoms in total. The SMILES string of the molecule is O=C(NCCc1cccc2c1NCCC2)NC1CCOC1. The van der Waals surface area contributed by atoms with Crippen LogP contribution in [-0.4, -0.2) is 38.4 Å². The molecule has 5 heteroatoms. The number of carbonyl (C=O) groups excluding carboxylic acids is 1. The zero-order valence-corrected chi connectivity index (χ0v) is 12.3. The van der Waals surface area contributed by atoms with Crippen LogP contribution in [0.4, 0.5) is 10.5 Å². The summed E-state index contributed by atoms with van der Waals surface area (Å²) in [4.78, 5) is 11.8. The maximum atomic E-state index is 11.8. The maximum Gasteiger partial charge on any atom is 0.315 e. The number of amides is 2. The van der Waals surface area contributed by atoms with Gasteiger partial charge in [0, 0.05) is 25.4 Å². The number of para-hydroxylation sites is 1. The molecule has 3 N–H and O–H groups in total. The summed E-state index contributed by atoms with van der Waals surface area (Å²) >= 11 is 0. The van der Waals surface area contributed by atoms with Gasteiger partial charge in [-0.2, -0.15) is 0 Å². The topological polar surface area (TPSA) is 62.4 Å². The lowest BCUT2D eigenvalue weighted by molar-refractivity contribution is 0.188. The largest absolute Gasteiger partial charge is 0.385 e. The van der Waals surface area contributed by atoms with Crippen LogP contribution in [0.1, 0.15) is 24.0 Å². The number of hydrogen-bond acceptors (Lipinski definition) is 3. The summed E-state index contributed by atoms with van der Waals surface area (Å²) in [6, 6.07) is 6.50. The molecule has 1 aromatic carbocycles. The van der Waals surface area contributed by atoms with E-state index in [0.717, 1.165) is 32.4 Å². The van der Waals surface area contributed by atoms with Crippen molar-refractivity contribution in [2.45, 2.75) is 31.7 Å². The van der Waals surface area contributed by atoms with Crippen LogP contribution >= 0.6 is 0 Å². The Morgan fingerprint density at radius 1 is 1.43 bits per heavy atom. The second-order valence-corrected chi connectivity index (χ2v) is 5.69. The maximum absolute atomic E-state index is 11.8. The van der Waals surface area contributed by atoms with E-state index in [1.54, 1.807) is 0 Å². The van der Waals surface area contributed by atoms with Gasteiger partial charge in [0.25, 0.3) is 0 Å². The standard InChI is InChI=1S/C16H23N3O2/c20-16(19-14-7-10-21-11-14)18-9-6-13-4-1-3-12-5-2-8-17-15(12)13/h1,3-4,14,17H,2,5-11H2,(H2,18,19,20). The molecule has 114 valence electrons. The molecule has 0 bridgehead atoms. The minimum absolute atomic E-state index is 0.0942. The first kappa shape index (κ1) is 14.2. The Bertz CT molecular complexity index is 498. The first-order valence-electron chi connectivity index (χ1n) is 7.79. The summed E-state index contributed by atoms with van der Waals surface area (Å²) in [6.07, 6.45) is 4.10. The molecule has 0 aliphatic carbocycles. The third kappa shape index (κ3) is 3.67. The normalized spacial score (nSPS) is 20.5. The molecule has 0 aromatic heterocycles. The summed E-state index contributed by atoms with van der Waals surface area (Å²) in [7, 11) is 0. The van der Waals surface area contributed by atoms with Gasteiger partial charge in [-0.3, -0.25) is 0 Å². The summed E-state index contributed by atoms with van der Waals surface area (Å²) < 4.78 is 5.24. The molecule has 0 saturated carbocycles. The summed E-state index contributed by atoms with van der Waals surface area (Å²) in [5, 5.41) is 9.35. The highest BCUT2D eigenvalue weighted by molar-refractivity contribution is 5.74. The van der Waals surface area contributed by atoms with E-state index in [-0.39, 0.29) is 12.1 Å². The van der Waals surface area contributed by atoms with E-state index in [1.807, 2.05) is 0 Å². The van der Waals surface area contributed by atoms with Gasteiger partial charge in [0.2, 0.25) is 0 Å². The molecule has 2 amide bonds. The van der Waals surface area contributed by atoms with Gasteiger partial charge in [-0.1, -0.05) is 18.2 Å². The Morgan fingerprint density at radius 2 is 2.38 bits per heavy atom. The molecule has 2 heterocycles. The Labute approximate surface area is 125 Å². The van der Waals surface area contributed by atoms with Crippen LogP contribution in [0.2, 0.25) is 0 Å². The molecule has 2 aliphatic rings. The summed E-state index contributed by atoms with van der Waals surface area (Å²) in [5.41, 5.74) is 3.96. The second-order valence-electron chi connectivity index (χ2n) is 5.69. The first-order valence-corrected chi connectivity index (χ1v) is 7.79. The quantitative estimate of drug-likeness (QED) is 0.790. The monoisotopic (exact) mass is 289 g/mol. The van der Waals surface area contributed by atoms with Gasteiger partial charge >= 0.3 is 6.03 Å². The number of hydrogen-bond donors (Lipinski definition) is 3. The average Bonchev–Trinajstić information content (AvgIpc) is 3.00. The van der Waals surface area contributed by atoms with Crippen LogP contribution in [0.3, 0.4) is 0 Å². The highest BCUT2D eigenvalue weighted by Gasteiger charge is 2.17. The van der Waals surface area contributed by atoms with Crippen molar-refractivity contribution in [1.29, 1.82) is 0 Å². The molecule has 0 spiro atoms. The molecule has 0 radical (unpaired) electrons. The molecular formula is C16H23N3O2. The molecular weight excluding hydrogens is 266 g/mol. The van der Waals surface area contributed by atoms with Crippen molar-refractivity contribution in [3.8, 4) is 0 Å². The molecule has 1 saturated heterocycles. The van der Waals surface area contributed by atoms with E-state index in [9.17, 15) is 4.79 Å². The minimum atomic E-state index is -0.0942. The zero-order valence-electron chi connectivity index (χ0n) is 12.3. The second kappa shape index (κ2) is 6.80. The van der Waals surface area contributed by atoms with Gasteiger partial charge < -0.3 is 20.7 Å². The molecule has 21 heavy (non-hydrogen) atoms. The summed E-state index contributed by atoms with van der Waals surface area (Å²) in [5.74, 6) is 0. The first-order chi connectivity index (χ1) is 10.3. The van der Waals surface area contributed by atoms with Crippen molar-refractivity contribution in [1.82, 2.24) is 10.6 Å².